The highest BCUT2D eigenvalue weighted by atomic mass is 15.1. The largest absolute Gasteiger partial charge is 0.501 e. The summed E-state index contributed by atoms with van der Waals surface area (Å²) in [6.45, 7) is 12.9. The van der Waals surface area contributed by atoms with Gasteiger partial charge in [0.25, 0.3) is 12.4 Å². The SMILES string of the molecule is Cc1cc(C)c([N+]2=C=[N+](c3c(C)cc(C)cc3C)C=C2)c(C)c1. The van der Waals surface area contributed by atoms with Crippen molar-refractivity contribution in [2.75, 3.05) is 0 Å². The predicted molar refractivity (Wildman–Crippen MR) is 95.3 cm³/mol. The first-order chi connectivity index (χ1) is 10.9. The summed E-state index contributed by atoms with van der Waals surface area (Å²) in [5.41, 5.74) is 10.1. The van der Waals surface area contributed by atoms with Gasteiger partial charge in [-0.2, -0.15) is 0 Å². The highest BCUT2D eigenvalue weighted by molar-refractivity contribution is 5.55. The fourth-order valence-corrected chi connectivity index (χ4v) is 3.67. The van der Waals surface area contributed by atoms with Gasteiger partial charge in [-0.15, -0.1) is 0 Å². The van der Waals surface area contributed by atoms with Crippen molar-refractivity contribution in [3.8, 4) is 0 Å². The number of hydrogen-bond donors (Lipinski definition) is 0. The van der Waals surface area contributed by atoms with Gasteiger partial charge in [0.15, 0.2) is 0 Å². The molecule has 0 aliphatic carbocycles. The highest BCUT2D eigenvalue weighted by Gasteiger charge is 2.26. The molecule has 116 valence electrons. The summed E-state index contributed by atoms with van der Waals surface area (Å²) in [6.07, 6.45) is 4.17. The Kier molecular flexibility index (Phi) is 3.79. The topological polar surface area (TPSA) is 6.02 Å². The van der Waals surface area contributed by atoms with E-state index in [2.05, 4.69) is 93.4 Å². The van der Waals surface area contributed by atoms with Crippen molar-refractivity contribution in [1.29, 1.82) is 0 Å². The molecule has 1 aliphatic heterocycles. The Morgan fingerprint density at radius 3 is 1.17 bits per heavy atom. The second kappa shape index (κ2) is 5.64. The lowest BCUT2D eigenvalue weighted by Gasteiger charge is -2.02. The Labute approximate surface area is 138 Å². The molecular formula is C21H24N2+2. The van der Waals surface area contributed by atoms with Crippen molar-refractivity contribution >= 4 is 17.4 Å². The summed E-state index contributed by atoms with van der Waals surface area (Å²) < 4.78 is 4.20. The Bertz CT molecular complexity index is 790. The molecule has 2 heteroatoms. The second-order valence-corrected chi connectivity index (χ2v) is 6.63. The third-order valence-electron chi connectivity index (χ3n) is 4.33. The van der Waals surface area contributed by atoms with E-state index in [1.807, 2.05) is 0 Å². The van der Waals surface area contributed by atoms with Crippen LogP contribution in [0, 0.1) is 41.5 Å². The minimum atomic E-state index is 1.22. The fourth-order valence-electron chi connectivity index (χ4n) is 3.67. The molecule has 2 nitrogen and oxygen atoms in total. The summed E-state index contributed by atoms with van der Waals surface area (Å²) >= 11 is 0. The molecule has 0 bridgehead atoms. The molecule has 0 fully saturated rings. The molecule has 0 spiro atoms. The van der Waals surface area contributed by atoms with Crippen molar-refractivity contribution in [1.82, 2.24) is 0 Å². The normalized spacial score (nSPS) is 13.3. The predicted octanol–water partition coefficient (Wildman–Crippen LogP) is 5.18. The second-order valence-electron chi connectivity index (χ2n) is 6.63. The van der Waals surface area contributed by atoms with E-state index in [0.717, 1.165) is 0 Å². The molecule has 0 radical (unpaired) electrons. The maximum Gasteiger partial charge on any atom is 0.501 e. The van der Waals surface area contributed by atoms with Crippen LogP contribution in [0.5, 0.6) is 0 Å². The van der Waals surface area contributed by atoms with Crippen LogP contribution in [0.1, 0.15) is 33.4 Å². The lowest BCUT2D eigenvalue weighted by Crippen LogP contribution is -2.01. The van der Waals surface area contributed by atoms with Crippen molar-refractivity contribution in [2.24, 2.45) is 0 Å². The number of hydrogen-bond acceptors (Lipinski definition) is 0. The van der Waals surface area contributed by atoms with Gasteiger partial charge in [0.2, 0.25) is 11.4 Å². The number of aryl methyl sites for hydroxylation is 6. The van der Waals surface area contributed by atoms with E-state index in [4.69, 9.17) is 0 Å². The minimum absolute atomic E-state index is 1.22. The maximum atomic E-state index is 3.48. The van der Waals surface area contributed by atoms with E-state index in [1.165, 1.54) is 44.8 Å². The van der Waals surface area contributed by atoms with E-state index in [1.54, 1.807) is 0 Å². The smallest absolute Gasteiger partial charge is 0.0549 e. The molecule has 0 aromatic heterocycles. The maximum absolute atomic E-state index is 3.48. The third kappa shape index (κ3) is 2.78. The van der Waals surface area contributed by atoms with Crippen molar-refractivity contribution in [2.45, 2.75) is 41.5 Å². The molecule has 0 amide bonds. The molecule has 1 heterocycles. The summed E-state index contributed by atoms with van der Waals surface area (Å²) in [7, 11) is 0. The first kappa shape index (κ1) is 15.5. The molecule has 0 N–H and O–H groups in total. The molecule has 0 atom stereocenters. The Morgan fingerprint density at radius 1 is 0.565 bits per heavy atom. The standard InChI is InChI=1S/C21H24N2/c1-14-9-16(3)20(17(4)10-14)22-7-8-23(13-22)21-18(5)11-15(2)12-19(21)6/h7-12H,1-6H3/q+2. The minimum Gasteiger partial charge on any atom is -0.0549 e. The number of nitrogens with zero attached hydrogens (tertiary/aromatic N) is 2. The lowest BCUT2D eigenvalue weighted by molar-refractivity contribution is -0.388. The first-order valence-corrected chi connectivity index (χ1v) is 8.05. The third-order valence-corrected chi connectivity index (χ3v) is 4.33. The fraction of sp³-hybridized carbons (Fsp3) is 0.286. The molecule has 0 saturated heterocycles. The van der Waals surface area contributed by atoms with Crippen LogP contribution in [-0.4, -0.2) is 15.2 Å². The molecule has 1 aliphatic rings. The van der Waals surface area contributed by atoms with Crippen LogP contribution in [0.25, 0.3) is 0 Å². The quantitative estimate of drug-likeness (QED) is 0.674. The van der Waals surface area contributed by atoms with Gasteiger partial charge in [-0.25, -0.2) is 0 Å². The Hall–Kier alpha value is -2.44. The van der Waals surface area contributed by atoms with E-state index >= 15 is 0 Å². The zero-order chi connectivity index (χ0) is 16.7. The van der Waals surface area contributed by atoms with Gasteiger partial charge in [0.1, 0.15) is 0 Å². The van der Waals surface area contributed by atoms with E-state index in [9.17, 15) is 0 Å². The molecular weight excluding hydrogens is 280 g/mol. The highest BCUT2D eigenvalue weighted by Crippen LogP contribution is 2.28. The van der Waals surface area contributed by atoms with Gasteiger partial charge in [0.05, 0.1) is 0 Å². The van der Waals surface area contributed by atoms with E-state index in [0.29, 0.717) is 0 Å². The molecule has 3 rings (SSSR count). The van der Waals surface area contributed by atoms with Crippen LogP contribution in [0.2, 0.25) is 0 Å². The van der Waals surface area contributed by atoms with Crippen LogP contribution in [-0.2, 0) is 0 Å². The lowest BCUT2D eigenvalue weighted by atomic mass is 10.1. The Balaban J connectivity index is 2.20. The van der Waals surface area contributed by atoms with Gasteiger partial charge >= 0.3 is 6.01 Å². The van der Waals surface area contributed by atoms with Crippen LogP contribution >= 0.6 is 0 Å². The van der Waals surface area contributed by atoms with Gasteiger partial charge in [-0.05, 0) is 65.8 Å². The number of benzene rings is 2. The first-order valence-electron chi connectivity index (χ1n) is 8.05. The van der Waals surface area contributed by atoms with Crippen molar-refractivity contribution in [3.63, 3.8) is 0 Å². The van der Waals surface area contributed by atoms with E-state index in [-0.39, 0.29) is 0 Å². The van der Waals surface area contributed by atoms with Gasteiger partial charge < -0.3 is 0 Å². The van der Waals surface area contributed by atoms with Crippen LogP contribution in [0.3, 0.4) is 0 Å². The molecule has 2 aromatic carbocycles. The number of rotatable bonds is 2. The zero-order valence-electron chi connectivity index (χ0n) is 14.9. The molecule has 0 unspecified atom stereocenters. The van der Waals surface area contributed by atoms with Crippen LogP contribution in [0.15, 0.2) is 36.7 Å². The summed E-state index contributed by atoms with van der Waals surface area (Å²) in [6, 6.07) is 12.4. The summed E-state index contributed by atoms with van der Waals surface area (Å²) in [5.74, 6) is 0. The Morgan fingerprint density at radius 2 is 0.870 bits per heavy atom. The summed E-state index contributed by atoms with van der Waals surface area (Å²) in [5, 5.41) is 0. The average Bonchev–Trinajstić information content (AvgIpc) is 2.85. The zero-order valence-corrected chi connectivity index (χ0v) is 14.9. The van der Waals surface area contributed by atoms with Crippen LogP contribution in [0.4, 0.5) is 11.4 Å². The molecule has 23 heavy (non-hydrogen) atoms. The van der Waals surface area contributed by atoms with Gasteiger partial charge in [-0.1, -0.05) is 20.3 Å². The average molecular weight is 304 g/mol. The van der Waals surface area contributed by atoms with Crippen molar-refractivity contribution < 1.29 is 9.15 Å². The molecule has 2 aromatic rings. The van der Waals surface area contributed by atoms with Crippen molar-refractivity contribution in [3.05, 3.63) is 70.0 Å². The summed E-state index contributed by atoms with van der Waals surface area (Å²) in [4.78, 5) is 0. The van der Waals surface area contributed by atoms with Gasteiger partial charge in [0, 0.05) is 22.3 Å². The molecule has 0 saturated carbocycles. The monoisotopic (exact) mass is 304 g/mol. The van der Waals surface area contributed by atoms with Crippen LogP contribution < -0.4 is 0 Å². The van der Waals surface area contributed by atoms with E-state index < -0.39 is 0 Å². The van der Waals surface area contributed by atoms with Gasteiger partial charge in [-0.3, -0.25) is 0 Å².